The Morgan fingerprint density at radius 2 is 2.32 bits per heavy atom. The number of fused-ring (bicyclic) bond motifs is 1. The molecule has 1 aliphatic heterocycles. The molecule has 1 aromatic carbocycles. The lowest BCUT2D eigenvalue weighted by molar-refractivity contribution is 0.0464. The van der Waals surface area contributed by atoms with E-state index in [2.05, 4.69) is 9.88 Å². The first kappa shape index (κ1) is 12.3. The van der Waals surface area contributed by atoms with Crippen LogP contribution < -0.4 is 10.6 Å². The van der Waals surface area contributed by atoms with Crippen LogP contribution in [-0.2, 0) is 4.74 Å². The number of rotatable bonds is 2. The van der Waals surface area contributed by atoms with Gasteiger partial charge < -0.3 is 15.4 Å². The molecular formula is C14H16FN3O. The molecule has 1 atom stereocenters. The predicted octanol–water partition coefficient (Wildman–Crippen LogP) is 1.54. The maximum Gasteiger partial charge on any atom is 0.136 e. The van der Waals surface area contributed by atoms with E-state index in [4.69, 9.17) is 10.5 Å². The molecule has 0 spiro atoms. The molecule has 1 saturated heterocycles. The van der Waals surface area contributed by atoms with Crippen molar-refractivity contribution in [2.24, 2.45) is 5.73 Å². The van der Waals surface area contributed by atoms with Crippen molar-refractivity contribution < 1.29 is 9.13 Å². The highest BCUT2D eigenvalue weighted by Crippen LogP contribution is 2.26. The normalized spacial score (nSPS) is 19.9. The molecule has 1 aliphatic rings. The highest BCUT2D eigenvalue weighted by Gasteiger charge is 2.21. The Kier molecular flexibility index (Phi) is 3.31. The van der Waals surface area contributed by atoms with Crippen LogP contribution in [0.4, 0.5) is 10.2 Å². The van der Waals surface area contributed by atoms with Crippen molar-refractivity contribution in [2.75, 3.05) is 31.1 Å². The van der Waals surface area contributed by atoms with Crippen LogP contribution in [-0.4, -0.2) is 37.3 Å². The molecule has 0 radical (unpaired) electrons. The zero-order valence-electron chi connectivity index (χ0n) is 10.6. The minimum Gasteiger partial charge on any atom is -0.373 e. The molecule has 1 fully saturated rings. The van der Waals surface area contributed by atoms with Gasteiger partial charge in [-0.2, -0.15) is 0 Å². The number of benzene rings is 1. The van der Waals surface area contributed by atoms with Gasteiger partial charge in [0.05, 0.1) is 12.7 Å². The Morgan fingerprint density at radius 1 is 1.42 bits per heavy atom. The standard InChI is InChI=1S/C14H16FN3O/c15-11-2-1-10-3-4-17-14(13(10)7-11)18-5-6-19-12(8-16)9-18/h1-4,7,12H,5-6,8-9,16H2. The molecule has 19 heavy (non-hydrogen) atoms. The van der Waals surface area contributed by atoms with E-state index in [-0.39, 0.29) is 11.9 Å². The third-order valence-corrected chi connectivity index (χ3v) is 3.41. The molecule has 5 heteroatoms. The summed E-state index contributed by atoms with van der Waals surface area (Å²) in [5.74, 6) is 0.559. The first-order valence-corrected chi connectivity index (χ1v) is 6.39. The van der Waals surface area contributed by atoms with Crippen molar-refractivity contribution in [3.05, 3.63) is 36.3 Å². The molecule has 3 rings (SSSR count). The summed E-state index contributed by atoms with van der Waals surface area (Å²) >= 11 is 0. The smallest absolute Gasteiger partial charge is 0.136 e. The van der Waals surface area contributed by atoms with Gasteiger partial charge in [-0.15, -0.1) is 0 Å². The summed E-state index contributed by atoms with van der Waals surface area (Å²) in [4.78, 5) is 6.52. The van der Waals surface area contributed by atoms with Crippen LogP contribution in [0.2, 0.25) is 0 Å². The summed E-state index contributed by atoms with van der Waals surface area (Å²) in [6, 6.07) is 6.66. The van der Waals surface area contributed by atoms with Crippen LogP contribution in [0.25, 0.3) is 10.8 Å². The molecule has 100 valence electrons. The van der Waals surface area contributed by atoms with Crippen LogP contribution in [0, 0.1) is 5.82 Å². The zero-order chi connectivity index (χ0) is 13.2. The fourth-order valence-electron chi connectivity index (χ4n) is 2.43. The highest BCUT2D eigenvalue weighted by molar-refractivity contribution is 5.92. The lowest BCUT2D eigenvalue weighted by Crippen LogP contribution is -2.46. The van der Waals surface area contributed by atoms with Gasteiger partial charge in [-0.3, -0.25) is 0 Å². The van der Waals surface area contributed by atoms with E-state index in [0.29, 0.717) is 19.7 Å². The Balaban J connectivity index is 2.02. The van der Waals surface area contributed by atoms with Gasteiger partial charge >= 0.3 is 0 Å². The summed E-state index contributed by atoms with van der Waals surface area (Å²) in [5, 5.41) is 1.82. The third kappa shape index (κ3) is 2.39. The van der Waals surface area contributed by atoms with Gasteiger partial charge in [-0.1, -0.05) is 6.07 Å². The fraction of sp³-hybridized carbons (Fsp3) is 0.357. The maximum atomic E-state index is 13.4. The number of halogens is 1. The van der Waals surface area contributed by atoms with E-state index in [1.54, 1.807) is 12.3 Å². The molecule has 2 N–H and O–H groups in total. The van der Waals surface area contributed by atoms with Gasteiger partial charge in [0.15, 0.2) is 0 Å². The number of nitrogens with zero attached hydrogens (tertiary/aromatic N) is 2. The van der Waals surface area contributed by atoms with Crippen LogP contribution in [0.5, 0.6) is 0 Å². The van der Waals surface area contributed by atoms with Crippen molar-refractivity contribution in [2.45, 2.75) is 6.10 Å². The van der Waals surface area contributed by atoms with E-state index in [1.165, 1.54) is 12.1 Å². The Labute approximate surface area is 111 Å². The monoisotopic (exact) mass is 261 g/mol. The summed E-state index contributed by atoms with van der Waals surface area (Å²) in [6.07, 6.45) is 1.77. The van der Waals surface area contributed by atoms with Gasteiger partial charge in [-0.25, -0.2) is 9.37 Å². The van der Waals surface area contributed by atoms with Gasteiger partial charge in [0.1, 0.15) is 11.6 Å². The van der Waals surface area contributed by atoms with Gasteiger partial charge in [0, 0.05) is 31.2 Å². The number of nitrogens with two attached hydrogens (primary N) is 1. The number of ether oxygens (including phenoxy) is 1. The number of aromatic nitrogens is 1. The molecule has 0 aliphatic carbocycles. The molecular weight excluding hydrogens is 245 g/mol. The van der Waals surface area contributed by atoms with E-state index in [9.17, 15) is 4.39 Å². The average molecular weight is 261 g/mol. The van der Waals surface area contributed by atoms with Crippen molar-refractivity contribution in [3.8, 4) is 0 Å². The second kappa shape index (κ2) is 5.11. The molecule has 1 unspecified atom stereocenters. The van der Waals surface area contributed by atoms with Crippen molar-refractivity contribution in [1.29, 1.82) is 0 Å². The summed E-state index contributed by atoms with van der Waals surface area (Å²) in [7, 11) is 0. The molecule has 0 bridgehead atoms. The number of morpholine rings is 1. The van der Waals surface area contributed by atoms with Crippen LogP contribution in [0.1, 0.15) is 0 Å². The van der Waals surface area contributed by atoms with E-state index < -0.39 is 0 Å². The predicted molar refractivity (Wildman–Crippen MR) is 72.7 cm³/mol. The topological polar surface area (TPSA) is 51.4 Å². The minimum atomic E-state index is -0.245. The summed E-state index contributed by atoms with van der Waals surface area (Å²) in [5.41, 5.74) is 5.65. The van der Waals surface area contributed by atoms with Gasteiger partial charge in [0.2, 0.25) is 0 Å². The first-order chi connectivity index (χ1) is 9.28. The lowest BCUT2D eigenvalue weighted by atomic mass is 10.1. The third-order valence-electron chi connectivity index (χ3n) is 3.41. The van der Waals surface area contributed by atoms with Crippen LogP contribution in [0.3, 0.4) is 0 Å². The highest BCUT2D eigenvalue weighted by atomic mass is 19.1. The molecule has 4 nitrogen and oxygen atoms in total. The second-order valence-corrected chi connectivity index (χ2v) is 4.67. The molecule has 0 amide bonds. The summed E-state index contributed by atoms with van der Waals surface area (Å²) < 4.78 is 19.0. The minimum absolute atomic E-state index is 0.0133. The lowest BCUT2D eigenvalue weighted by Gasteiger charge is -2.33. The van der Waals surface area contributed by atoms with Crippen molar-refractivity contribution >= 4 is 16.6 Å². The number of anilines is 1. The van der Waals surface area contributed by atoms with Crippen molar-refractivity contribution in [1.82, 2.24) is 4.98 Å². The average Bonchev–Trinajstić information content (AvgIpc) is 2.46. The second-order valence-electron chi connectivity index (χ2n) is 4.67. The van der Waals surface area contributed by atoms with E-state index in [1.807, 2.05) is 6.07 Å². The zero-order valence-corrected chi connectivity index (χ0v) is 10.6. The summed E-state index contributed by atoms with van der Waals surface area (Å²) in [6.45, 7) is 2.54. The molecule has 2 aromatic rings. The van der Waals surface area contributed by atoms with Crippen LogP contribution in [0.15, 0.2) is 30.5 Å². The fourth-order valence-corrected chi connectivity index (χ4v) is 2.43. The van der Waals surface area contributed by atoms with Gasteiger partial charge in [0.25, 0.3) is 0 Å². The molecule has 2 heterocycles. The molecule has 0 saturated carbocycles. The molecule has 1 aromatic heterocycles. The van der Waals surface area contributed by atoms with Crippen LogP contribution >= 0.6 is 0 Å². The number of pyridine rings is 1. The first-order valence-electron chi connectivity index (χ1n) is 6.39. The number of hydrogen-bond acceptors (Lipinski definition) is 4. The quantitative estimate of drug-likeness (QED) is 0.891. The largest absolute Gasteiger partial charge is 0.373 e. The van der Waals surface area contributed by atoms with Gasteiger partial charge in [-0.05, 0) is 23.6 Å². The van der Waals surface area contributed by atoms with Crippen molar-refractivity contribution in [3.63, 3.8) is 0 Å². The Bertz CT molecular complexity index is 590. The Hall–Kier alpha value is -1.72. The number of hydrogen-bond donors (Lipinski definition) is 1. The van der Waals surface area contributed by atoms with E-state index >= 15 is 0 Å². The SMILES string of the molecule is NCC1CN(c2nccc3ccc(F)cc23)CCO1. The Morgan fingerprint density at radius 3 is 3.16 bits per heavy atom. The van der Waals surface area contributed by atoms with E-state index in [0.717, 1.165) is 23.1 Å². The maximum absolute atomic E-state index is 13.4.